The van der Waals surface area contributed by atoms with Gasteiger partial charge in [-0.15, -0.1) is 0 Å². The van der Waals surface area contributed by atoms with Crippen molar-refractivity contribution in [2.45, 2.75) is 32.7 Å². The minimum Gasteiger partial charge on any atom is -0.321 e. The van der Waals surface area contributed by atoms with E-state index in [9.17, 15) is 0 Å². The van der Waals surface area contributed by atoms with Gasteiger partial charge < -0.3 is 5.73 Å². The monoisotopic (exact) mass is 253 g/mol. The average Bonchev–Trinajstić information content (AvgIpc) is 2.58. The first-order valence-electron chi connectivity index (χ1n) is 4.92. The van der Waals surface area contributed by atoms with Crippen LogP contribution in [0.2, 0.25) is 0 Å². The Labute approximate surface area is 93.8 Å². The second-order valence-electron chi connectivity index (χ2n) is 5.00. The number of nitrogens with two attached hydrogens (primary N) is 1. The highest BCUT2D eigenvalue weighted by Crippen LogP contribution is 2.60. The topological polar surface area (TPSA) is 26.0 Å². The molecule has 1 unspecified atom stereocenters. The molecule has 1 aromatic rings. The summed E-state index contributed by atoms with van der Waals surface area (Å²) in [5.74, 6) is 0. The van der Waals surface area contributed by atoms with Crippen LogP contribution in [0.5, 0.6) is 0 Å². The molecule has 2 rings (SSSR count). The SMILES string of the molecule is Cc1cc(C2(N)CC2(C)C)ccc1Br. The van der Waals surface area contributed by atoms with Gasteiger partial charge in [-0.3, -0.25) is 0 Å². The van der Waals surface area contributed by atoms with E-state index in [1.165, 1.54) is 11.1 Å². The number of aryl methyl sites for hydroxylation is 1. The van der Waals surface area contributed by atoms with Gasteiger partial charge in [-0.25, -0.2) is 0 Å². The summed E-state index contributed by atoms with van der Waals surface area (Å²) in [7, 11) is 0. The van der Waals surface area contributed by atoms with E-state index in [-0.39, 0.29) is 11.0 Å². The zero-order chi connectivity index (χ0) is 10.6. The highest BCUT2D eigenvalue weighted by atomic mass is 79.9. The minimum atomic E-state index is -0.0987. The molecule has 2 N–H and O–H groups in total. The molecule has 0 saturated heterocycles. The lowest BCUT2D eigenvalue weighted by molar-refractivity contribution is 0.510. The van der Waals surface area contributed by atoms with E-state index in [4.69, 9.17) is 5.73 Å². The maximum absolute atomic E-state index is 6.35. The van der Waals surface area contributed by atoms with Gasteiger partial charge in [0.25, 0.3) is 0 Å². The lowest BCUT2D eigenvalue weighted by atomic mass is 9.96. The third-order valence-corrected chi connectivity index (χ3v) is 4.37. The van der Waals surface area contributed by atoms with Crippen LogP contribution in [-0.4, -0.2) is 0 Å². The summed E-state index contributed by atoms with van der Waals surface area (Å²) in [5.41, 5.74) is 9.03. The molecule has 1 aromatic carbocycles. The summed E-state index contributed by atoms with van der Waals surface area (Å²) >= 11 is 3.50. The molecule has 76 valence electrons. The maximum Gasteiger partial charge on any atom is 0.0468 e. The Morgan fingerprint density at radius 3 is 2.36 bits per heavy atom. The van der Waals surface area contributed by atoms with Gasteiger partial charge in [-0.05, 0) is 36.0 Å². The van der Waals surface area contributed by atoms with Crippen molar-refractivity contribution < 1.29 is 0 Å². The van der Waals surface area contributed by atoms with E-state index in [1.54, 1.807) is 0 Å². The van der Waals surface area contributed by atoms with Crippen LogP contribution in [0.25, 0.3) is 0 Å². The largest absolute Gasteiger partial charge is 0.321 e. The Hall–Kier alpha value is -0.340. The van der Waals surface area contributed by atoms with Crippen LogP contribution in [0.15, 0.2) is 22.7 Å². The molecule has 0 radical (unpaired) electrons. The normalized spacial score (nSPS) is 28.9. The summed E-state index contributed by atoms with van der Waals surface area (Å²) in [6, 6.07) is 6.42. The van der Waals surface area contributed by atoms with Gasteiger partial charge >= 0.3 is 0 Å². The fourth-order valence-corrected chi connectivity index (χ4v) is 2.31. The van der Waals surface area contributed by atoms with Crippen LogP contribution in [-0.2, 0) is 5.54 Å². The Balaban J connectivity index is 2.40. The molecule has 0 aliphatic heterocycles. The highest BCUT2D eigenvalue weighted by molar-refractivity contribution is 9.10. The van der Waals surface area contributed by atoms with Crippen LogP contribution in [0.4, 0.5) is 0 Å². The molecule has 1 atom stereocenters. The van der Waals surface area contributed by atoms with Crippen molar-refractivity contribution in [2.75, 3.05) is 0 Å². The lowest BCUT2D eigenvalue weighted by Crippen LogP contribution is -2.25. The molecular weight excluding hydrogens is 238 g/mol. The van der Waals surface area contributed by atoms with Crippen LogP contribution in [0, 0.1) is 12.3 Å². The summed E-state index contributed by atoms with van der Waals surface area (Å²) in [6.45, 7) is 6.56. The molecular formula is C12H16BrN. The van der Waals surface area contributed by atoms with Gasteiger partial charge in [0.05, 0.1) is 0 Å². The Morgan fingerprint density at radius 1 is 1.36 bits per heavy atom. The first-order valence-corrected chi connectivity index (χ1v) is 5.72. The van der Waals surface area contributed by atoms with Crippen molar-refractivity contribution in [3.63, 3.8) is 0 Å². The summed E-state index contributed by atoms with van der Waals surface area (Å²) < 4.78 is 1.16. The number of hydrogen-bond donors (Lipinski definition) is 1. The molecule has 1 aliphatic carbocycles. The first kappa shape index (κ1) is 10.2. The molecule has 0 heterocycles. The number of benzene rings is 1. The number of hydrogen-bond acceptors (Lipinski definition) is 1. The number of halogens is 1. The van der Waals surface area contributed by atoms with E-state index in [2.05, 4.69) is 54.9 Å². The van der Waals surface area contributed by atoms with Crippen molar-refractivity contribution in [1.82, 2.24) is 0 Å². The highest BCUT2D eigenvalue weighted by Gasteiger charge is 2.59. The van der Waals surface area contributed by atoms with E-state index >= 15 is 0 Å². The molecule has 0 aromatic heterocycles. The van der Waals surface area contributed by atoms with Crippen molar-refractivity contribution in [3.05, 3.63) is 33.8 Å². The lowest BCUT2D eigenvalue weighted by Gasteiger charge is -2.16. The van der Waals surface area contributed by atoms with Gasteiger partial charge in [0, 0.05) is 10.0 Å². The van der Waals surface area contributed by atoms with Crippen molar-refractivity contribution in [3.8, 4) is 0 Å². The third-order valence-electron chi connectivity index (χ3n) is 3.48. The van der Waals surface area contributed by atoms with Crippen LogP contribution in [0.3, 0.4) is 0 Å². The second kappa shape index (κ2) is 2.83. The molecule has 0 amide bonds. The van der Waals surface area contributed by atoms with Crippen molar-refractivity contribution >= 4 is 15.9 Å². The van der Waals surface area contributed by atoms with Crippen molar-refractivity contribution in [1.29, 1.82) is 0 Å². The first-order chi connectivity index (χ1) is 6.37. The van der Waals surface area contributed by atoms with E-state index < -0.39 is 0 Å². The minimum absolute atomic E-state index is 0.0987. The zero-order valence-electron chi connectivity index (χ0n) is 8.89. The molecule has 1 nitrogen and oxygen atoms in total. The van der Waals surface area contributed by atoms with E-state index in [0.29, 0.717) is 0 Å². The van der Waals surface area contributed by atoms with Crippen LogP contribution in [0.1, 0.15) is 31.4 Å². The average molecular weight is 254 g/mol. The van der Waals surface area contributed by atoms with E-state index in [1.807, 2.05) is 0 Å². The Bertz CT molecular complexity index is 384. The van der Waals surface area contributed by atoms with Gasteiger partial charge in [0.1, 0.15) is 0 Å². The van der Waals surface area contributed by atoms with Gasteiger partial charge in [-0.2, -0.15) is 0 Å². The van der Waals surface area contributed by atoms with Gasteiger partial charge in [0.15, 0.2) is 0 Å². The predicted octanol–water partition coefficient (Wildman–Crippen LogP) is 3.34. The predicted molar refractivity (Wildman–Crippen MR) is 63.1 cm³/mol. The fraction of sp³-hybridized carbons (Fsp3) is 0.500. The maximum atomic E-state index is 6.35. The molecule has 0 spiro atoms. The molecule has 2 heteroatoms. The molecule has 1 saturated carbocycles. The van der Waals surface area contributed by atoms with Crippen molar-refractivity contribution in [2.24, 2.45) is 11.1 Å². The quantitative estimate of drug-likeness (QED) is 0.817. The molecule has 14 heavy (non-hydrogen) atoms. The van der Waals surface area contributed by atoms with E-state index in [0.717, 1.165) is 10.9 Å². The molecule has 1 fully saturated rings. The smallest absolute Gasteiger partial charge is 0.0468 e. The fourth-order valence-electron chi connectivity index (χ4n) is 2.07. The van der Waals surface area contributed by atoms with Crippen LogP contribution >= 0.6 is 15.9 Å². The Kier molecular flexibility index (Phi) is 2.06. The molecule has 0 bridgehead atoms. The summed E-state index contributed by atoms with van der Waals surface area (Å²) in [4.78, 5) is 0. The van der Waals surface area contributed by atoms with Gasteiger partial charge in [0.2, 0.25) is 0 Å². The summed E-state index contributed by atoms with van der Waals surface area (Å²) in [5, 5.41) is 0. The second-order valence-corrected chi connectivity index (χ2v) is 5.85. The third kappa shape index (κ3) is 1.32. The molecule has 1 aliphatic rings. The summed E-state index contributed by atoms with van der Waals surface area (Å²) in [6.07, 6.45) is 1.08. The Morgan fingerprint density at radius 2 is 1.93 bits per heavy atom. The van der Waals surface area contributed by atoms with Crippen LogP contribution < -0.4 is 5.73 Å². The van der Waals surface area contributed by atoms with Gasteiger partial charge in [-0.1, -0.05) is 41.9 Å². The number of rotatable bonds is 1. The standard InChI is InChI=1S/C12H16BrN/c1-8-6-9(4-5-10(8)13)12(14)7-11(12,2)3/h4-6H,7,14H2,1-3H3. The zero-order valence-corrected chi connectivity index (χ0v) is 10.5.